The number of nitrogens with one attached hydrogen (secondary N) is 1. The molecule has 1 heterocycles. The topological polar surface area (TPSA) is 46.9 Å². The standard InChI is InChI=1S/C13H14BrN3OS/c1-9(8-17-6-2-5-15-17)16-13(18)11-4-3-10(14)7-12(11)19/h2-7,9,19H,8H2,1H3,(H,16,18). The van der Waals surface area contributed by atoms with E-state index < -0.39 is 0 Å². The van der Waals surface area contributed by atoms with Gasteiger partial charge in [0.15, 0.2) is 0 Å². The van der Waals surface area contributed by atoms with Gasteiger partial charge in [0.2, 0.25) is 0 Å². The highest BCUT2D eigenvalue weighted by Crippen LogP contribution is 2.19. The van der Waals surface area contributed by atoms with Crippen LogP contribution in [0.1, 0.15) is 17.3 Å². The molecule has 4 nitrogen and oxygen atoms in total. The smallest absolute Gasteiger partial charge is 0.252 e. The van der Waals surface area contributed by atoms with Crippen LogP contribution in [0, 0.1) is 0 Å². The van der Waals surface area contributed by atoms with Gasteiger partial charge in [-0.15, -0.1) is 12.6 Å². The molecular weight excluding hydrogens is 326 g/mol. The van der Waals surface area contributed by atoms with Crippen LogP contribution in [0.25, 0.3) is 0 Å². The normalized spacial score (nSPS) is 12.2. The Morgan fingerprint density at radius 2 is 2.37 bits per heavy atom. The third kappa shape index (κ3) is 3.84. The minimum Gasteiger partial charge on any atom is -0.348 e. The van der Waals surface area contributed by atoms with Gasteiger partial charge in [0, 0.05) is 27.8 Å². The molecule has 1 aromatic carbocycles. The molecule has 1 atom stereocenters. The van der Waals surface area contributed by atoms with Gasteiger partial charge in [-0.05, 0) is 31.2 Å². The molecule has 1 unspecified atom stereocenters. The summed E-state index contributed by atoms with van der Waals surface area (Å²) in [5.74, 6) is -0.128. The van der Waals surface area contributed by atoms with Gasteiger partial charge in [-0.1, -0.05) is 15.9 Å². The van der Waals surface area contributed by atoms with Crippen LogP contribution in [0.3, 0.4) is 0 Å². The second-order valence-corrected chi connectivity index (χ2v) is 5.66. The van der Waals surface area contributed by atoms with Crippen molar-refractivity contribution in [3.05, 3.63) is 46.7 Å². The van der Waals surface area contributed by atoms with Crippen molar-refractivity contribution in [1.29, 1.82) is 0 Å². The Morgan fingerprint density at radius 3 is 3.00 bits per heavy atom. The number of benzene rings is 1. The second-order valence-electron chi connectivity index (χ2n) is 4.26. The molecule has 1 N–H and O–H groups in total. The van der Waals surface area contributed by atoms with Crippen LogP contribution in [-0.4, -0.2) is 21.7 Å². The number of halogens is 1. The van der Waals surface area contributed by atoms with Crippen LogP contribution in [0.4, 0.5) is 0 Å². The van der Waals surface area contributed by atoms with Gasteiger partial charge in [0.25, 0.3) is 5.91 Å². The number of hydrogen-bond acceptors (Lipinski definition) is 3. The zero-order valence-corrected chi connectivity index (χ0v) is 12.9. The first kappa shape index (κ1) is 14.1. The van der Waals surface area contributed by atoms with E-state index in [1.807, 2.05) is 25.3 Å². The largest absolute Gasteiger partial charge is 0.348 e. The van der Waals surface area contributed by atoms with Gasteiger partial charge in [-0.2, -0.15) is 5.10 Å². The fourth-order valence-corrected chi connectivity index (χ4v) is 2.59. The lowest BCUT2D eigenvalue weighted by atomic mass is 10.2. The summed E-state index contributed by atoms with van der Waals surface area (Å²) < 4.78 is 2.69. The lowest BCUT2D eigenvalue weighted by Gasteiger charge is -2.14. The average Bonchev–Trinajstić information content (AvgIpc) is 2.81. The van der Waals surface area contributed by atoms with Gasteiger partial charge < -0.3 is 5.32 Å². The molecule has 0 saturated heterocycles. The first-order valence-electron chi connectivity index (χ1n) is 5.83. The molecule has 0 saturated carbocycles. The summed E-state index contributed by atoms with van der Waals surface area (Å²) >= 11 is 7.65. The number of aromatic nitrogens is 2. The van der Waals surface area contributed by atoms with E-state index in [9.17, 15) is 4.79 Å². The minimum atomic E-state index is -0.128. The monoisotopic (exact) mass is 339 g/mol. The lowest BCUT2D eigenvalue weighted by Crippen LogP contribution is -2.36. The molecule has 1 amide bonds. The van der Waals surface area contributed by atoms with E-state index in [-0.39, 0.29) is 11.9 Å². The SMILES string of the molecule is CC(Cn1cccn1)NC(=O)c1ccc(Br)cc1S. The van der Waals surface area contributed by atoms with E-state index in [1.54, 1.807) is 23.0 Å². The molecule has 100 valence electrons. The molecule has 0 aliphatic carbocycles. The van der Waals surface area contributed by atoms with Crippen molar-refractivity contribution >= 4 is 34.5 Å². The van der Waals surface area contributed by atoms with Crippen LogP contribution in [0.15, 0.2) is 46.0 Å². The van der Waals surface area contributed by atoms with Crippen LogP contribution >= 0.6 is 28.6 Å². The van der Waals surface area contributed by atoms with Crippen molar-refractivity contribution in [1.82, 2.24) is 15.1 Å². The van der Waals surface area contributed by atoms with Crippen molar-refractivity contribution in [2.24, 2.45) is 0 Å². The molecule has 2 rings (SSSR count). The number of carbonyl (C=O) groups is 1. The second kappa shape index (κ2) is 6.25. The minimum absolute atomic E-state index is 0.0104. The molecule has 0 bridgehead atoms. The summed E-state index contributed by atoms with van der Waals surface area (Å²) in [6.45, 7) is 2.58. The summed E-state index contributed by atoms with van der Waals surface area (Å²) in [6, 6.07) is 7.23. The number of thiol groups is 1. The molecule has 0 aliphatic heterocycles. The Labute approximate surface area is 125 Å². The Kier molecular flexibility index (Phi) is 4.66. The molecular formula is C13H14BrN3OS. The van der Waals surface area contributed by atoms with Crippen molar-refractivity contribution in [2.45, 2.75) is 24.4 Å². The fourth-order valence-electron chi connectivity index (χ4n) is 1.73. The highest BCUT2D eigenvalue weighted by Gasteiger charge is 2.13. The Balaban J connectivity index is 2.00. The number of amides is 1. The van der Waals surface area contributed by atoms with E-state index in [0.717, 1.165) is 4.47 Å². The van der Waals surface area contributed by atoms with E-state index in [4.69, 9.17) is 0 Å². The maximum Gasteiger partial charge on any atom is 0.252 e. The number of carbonyl (C=O) groups excluding carboxylic acids is 1. The zero-order chi connectivity index (χ0) is 13.8. The highest BCUT2D eigenvalue weighted by molar-refractivity contribution is 9.10. The lowest BCUT2D eigenvalue weighted by molar-refractivity contribution is 0.0933. The number of nitrogens with zero attached hydrogens (tertiary/aromatic N) is 2. The van der Waals surface area contributed by atoms with Crippen LogP contribution < -0.4 is 5.32 Å². The number of hydrogen-bond donors (Lipinski definition) is 2. The van der Waals surface area contributed by atoms with Crippen LogP contribution in [0.2, 0.25) is 0 Å². The van der Waals surface area contributed by atoms with Gasteiger partial charge in [0.1, 0.15) is 0 Å². The van der Waals surface area contributed by atoms with Crippen molar-refractivity contribution in [3.8, 4) is 0 Å². The molecule has 19 heavy (non-hydrogen) atoms. The van der Waals surface area contributed by atoms with Crippen molar-refractivity contribution in [3.63, 3.8) is 0 Å². The third-order valence-corrected chi connectivity index (χ3v) is 3.47. The molecule has 2 aromatic rings. The van der Waals surface area contributed by atoms with E-state index in [1.165, 1.54) is 0 Å². The predicted molar refractivity (Wildman–Crippen MR) is 80.5 cm³/mol. The maximum atomic E-state index is 12.1. The Bertz CT molecular complexity index is 571. The fraction of sp³-hybridized carbons (Fsp3) is 0.231. The Hall–Kier alpha value is -1.27. The van der Waals surface area contributed by atoms with Gasteiger partial charge >= 0.3 is 0 Å². The summed E-state index contributed by atoms with van der Waals surface area (Å²) in [4.78, 5) is 12.8. The molecule has 0 aliphatic rings. The zero-order valence-electron chi connectivity index (χ0n) is 10.4. The molecule has 0 radical (unpaired) electrons. The maximum absolute atomic E-state index is 12.1. The number of rotatable bonds is 4. The Morgan fingerprint density at radius 1 is 1.58 bits per heavy atom. The van der Waals surface area contributed by atoms with Crippen LogP contribution in [-0.2, 0) is 6.54 Å². The molecule has 1 aromatic heterocycles. The van der Waals surface area contributed by atoms with Crippen molar-refractivity contribution < 1.29 is 4.79 Å². The first-order chi connectivity index (χ1) is 9.06. The molecule has 6 heteroatoms. The van der Waals surface area contributed by atoms with E-state index >= 15 is 0 Å². The van der Waals surface area contributed by atoms with E-state index in [0.29, 0.717) is 17.0 Å². The summed E-state index contributed by atoms with van der Waals surface area (Å²) in [7, 11) is 0. The third-order valence-electron chi connectivity index (χ3n) is 2.60. The molecule has 0 fully saturated rings. The van der Waals surface area contributed by atoms with Crippen molar-refractivity contribution in [2.75, 3.05) is 0 Å². The predicted octanol–water partition coefficient (Wildman–Crippen LogP) is 2.75. The summed E-state index contributed by atoms with van der Waals surface area (Å²) in [5, 5.41) is 7.04. The first-order valence-corrected chi connectivity index (χ1v) is 7.07. The van der Waals surface area contributed by atoms with Gasteiger partial charge in [-0.3, -0.25) is 9.48 Å². The average molecular weight is 340 g/mol. The van der Waals surface area contributed by atoms with Gasteiger partial charge in [-0.25, -0.2) is 0 Å². The summed E-state index contributed by atoms with van der Waals surface area (Å²) in [5.41, 5.74) is 0.568. The van der Waals surface area contributed by atoms with Crippen LogP contribution in [0.5, 0.6) is 0 Å². The quantitative estimate of drug-likeness (QED) is 0.841. The molecule has 0 spiro atoms. The van der Waals surface area contributed by atoms with E-state index in [2.05, 4.69) is 39.0 Å². The highest BCUT2D eigenvalue weighted by atomic mass is 79.9. The van der Waals surface area contributed by atoms with Gasteiger partial charge in [0.05, 0.1) is 12.1 Å². The summed E-state index contributed by atoms with van der Waals surface area (Å²) in [6.07, 6.45) is 3.58.